The van der Waals surface area contributed by atoms with Gasteiger partial charge in [-0.2, -0.15) is 0 Å². The van der Waals surface area contributed by atoms with Crippen molar-refractivity contribution < 1.29 is 13.6 Å². The molecule has 116 valence electrons. The molecular formula is C16H13FN4O2. The minimum Gasteiger partial charge on any atom is -0.467 e. The molecule has 1 aromatic carbocycles. The molecule has 2 N–H and O–H groups in total. The summed E-state index contributed by atoms with van der Waals surface area (Å²) in [6, 6.07) is 9.45. The molecule has 0 aliphatic carbocycles. The first-order valence-electron chi connectivity index (χ1n) is 6.86. The predicted molar refractivity (Wildman–Crippen MR) is 81.6 cm³/mol. The number of carbonyl (C=O) groups is 1. The Labute approximate surface area is 131 Å². The summed E-state index contributed by atoms with van der Waals surface area (Å²) in [4.78, 5) is 20.0. The van der Waals surface area contributed by atoms with Gasteiger partial charge in [0.15, 0.2) is 0 Å². The van der Waals surface area contributed by atoms with E-state index in [-0.39, 0.29) is 24.2 Å². The number of carbonyl (C=O) groups excluding carboxylic acids is 1. The van der Waals surface area contributed by atoms with Gasteiger partial charge in [0.1, 0.15) is 11.6 Å². The minimum absolute atomic E-state index is 0.276. The van der Waals surface area contributed by atoms with E-state index in [4.69, 9.17) is 4.42 Å². The van der Waals surface area contributed by atoms with Crippen LogP contribution in [0.1, 0.15) is 16.1 Å². The monoisotopic (exact) mass is 312 g/mol. The number of benzene rings is 1. The lowest BCUT2D eigenvalue weighted by atomic mass is 10.3. The summed E-state index contributed by atoms with van der Waals surface area (Å²) in [7, 11) is 0. The fourth-order valence-electron chi connectivity index (χ4n) is 1.89. The van der Waals surface area contributed by atoms with Gasteiger partial charge in [0.05, 0.1) is 18.4 Å². The molecule has 0 aliphatic rings. The number of nitrogens with zero attached hydrogens (tertiary/aromatic N) is 2. The van der Waals surface area contributed by atoms with E-state index in [0.717, 1.165) is 0 Å². The van der Waals surface area contributed by atoms with Crippen LogP contribution >= 0.6 is 0 Å². The van der Waals surface area contributed by atoms with Crippen LogP contribution in [0.4, 0.5) is 16.0 Å². The average Bonchev–Trinajstić information content (AvgIpc) is 3.07. The number of hydrogen-bond donors (Lipinski definition) is 2. The first kappa shape index (κ1) is 14.7. The number of hydrogen-bond acceptors (Lipinski definition) is 5. The van der Waals surface area contributed by atoms with Gasteiger partial charge in [-0.3, -0.25) is 4.79 Å². The molecule has 0 saturated heterocycles. The Morgan fingerprint density at radius 2 is 2.00 bits per heavy atom. The highest BCUT2D eigenvalue weighted by molar-refractivity contribution is 5.93. The first-order valence-corrected chi connectivity index (χ1v) is 6.86. The summed E-state index contributed by atoms with van der Waals surface area (Å²) in [6.07, 6.45) is 4.33. The molecule has 3 rings (SSSR count). The largest absolute Gasteiger partial charge is 0.467 e. The molecule has 0 fully saturated rings. The molecule has 0 aliphatic heterocycles. The van der Waals surface area contributed by atoms with Gasteiger partial charge in [0.25, 0.3) is 5.91 Å². The molecule has 3 aromatic rings. The van der Waals surface area contributed by atoms with E-state index < -0.39 is 0 Å². The van der Waals surface area contributed by atoms with Crippen LogP contribution in [0.2, 0.25) is 0 Å². The summed E-state index contributed by atoms with van der Waals surface area (Å²) in [5.41, 5.74) is 0.848. The van der Waals surface area contributed by atoms with Crippen molar-refractivity contribution >= 4 is 17.5 Å². The average molecular weight is 312 g/mol. The van der Waals surface area contributed by atoms with Crippen molar-refractivity contribution in [3.63, 3.8) is 0 Å². The summed E-state index contributed by atoms with van der Waals surface area (Å²) in [5, 5.41) is 5.55. The van der Waals surface area contributed by atoms with Crippen LogP contribution in [-0.4, -0.2) is 15.9 Å². The maximum Gasteiger partial charge on any atom is 0.254 e. The van der Waals surface area contributed by atoms with E-state index >= 15 is 0 Å². The fourth-order valence-corrected chi connectivity index (χ4v) is 1.89. The van der Waals surface area contributed by atoms with Crippen molar-refractivity contribution in [1.29, 1.82) is 0 Å². The van der Waals surface area contributed by atoms with Crippen LogP contribution in [0.15, 0.2) is 59.5 Å². The zero-order valence-corrected chi connectivity index (χ0v) is 12.0. The van der Waals surface area contributed by atoms with Gasteiger partial charge in [0, 0.05) is 18.1 Å². The Hall–Kier alpha value is -3.22. The van der Waals surface area contributed by atoms with Crippen LogP contribution in [0.5, 0.6) is 0 Å². The third-order valence-corrected chi connectivity index (χ3v) is 3.00. The van der Waals surface area contributed by atoms with Crippen molar-refractivity contribution in [3.8, 4) is 0 Å². The van der Waals surface area contributed by atoms with E-state index in [1.165, 1.54) is 30.8 Å². The van der Waals surface area contributed by atoms with Gasteiger partial charge in [-0.25, -0.2) is 14.4 Å². The lowest BCUT2D eigenvalue weighted by molar-refractivity contribution is 0.0947. The molecule has 0 unspecified atom stereocenters. The van der Waals surface area contributed by atoms with Crippen molar-refractivity contribution in [2.24, 2.45) is 0 Å². The number of amides is 1. The summed E-state index contributed by atoms with van der Waals surface area (Å²) in [5.74, 6) is 0.268. The number of aromatic nitrogens is 2. The molecule has 1 amide bonds. The predicted octanol–water partition coefficient (Wildman–Crippen LogP) is 2.88. The van der Waals surface area contributed by atoms with E-state index in [0.29, 0.717) is 17.0 Å². The standard InChI is InChI=1S/C16H13FN4O2/c17-12-3-1-4-13(7-12)21-16-19-8-11(9-20-16)15(22)18-10-14-5-2-6-23-14/h1-9H,10H2,(H,18,22)(H,19,20,21). The topological polar surface area (TPSA) is 80.0 Å². The quantitative estimate of drug-likeness (QED) is 0.757. The van der Waals surface area contributed by atoms with E-state index in [1.54, 1.807) is 24.3 Å². The smallest absolute Gasteiger partial charge is 0.254 e. The van der Waals surface area contributed by atoms with Crippen LogP contribution in [0.3, 0.4) is 0 Å². The Morgan fingerprint density at radius 1 is 1.17 bits per heavy atom. The van der Waals surface area contributed by atoms with Crippen LogP contribution in [-0.2, 0) is 6.54 Å². The highest BCUT2D eigenvalue weighted by Gasteiger charge is 2.08. The first-order chi connectivity index (χ1) is 11.2. The van der Waals surface area contributed by atoms with Gasteiger partial charge in [-0.15, -0.1) is 0 Å². The van der Waals surface area contributed by atoms with Gasteiger partial charge in [-0.1, -0.05) is 6.07 Å². The molecule has 0 saturated carbocycles. The Kier molecular flexibility index (Phi) is 4.28. The molecule has 2 heterocycles. The second-order valence-corrected chi connectivity index (χ2v) is 4.69. The summed E-state index contributed by atoms with van der Waals surface area (Å²) < 4.78 is 18.2. The number of furan rings is 1. The molecule has 7 heteroatoms. The normalized spacial score (nSPS) is 10.3. The van der Waals surface area contributed by atoms with Crippen molar-refractivity contribution in [2.45, 2.75) is 6.54 Å². The highest BCUT2D eigenvalue weighted by atomic mass is 19.1. The lowest BCUT2D eigenvalue weighted by Crippen LogP contribution is -2.22. The van der Waals surface area contributed by atoms with Crippen molar-refractivity contribution in [2.75, 3.05) is 5.32 Å². The SMILES string of the molecule is O=C(NCc1ccco1)c1cnc(Nc2cccc(F)c2)nc1. The number of nitrogens with one attached hydrogen (secondary N) is 2. The zero-order chi connectivity index (χ0) is 16.1. The fraction of sp³-hybridized carbons (Fsp3) is 0.0625. The van der Waals surface area contributed by atoms with E-state index in [1.807, 2.05) is 0 Å². The second kappa shape index (κ2) is 6.69. The van der Waals surface area contributed by atoms with Crippen LogP contribution in [0, 0.1) is 5.82 Å². The van der Waals surface area contributed by atoms with Gasteiger partial charge < -0.3 is 15.1 Å². The van der Waals surface area contributed by atoms with Crippen LogP contribution in [0.25, 0.3) is 0 Å². The van der Waals surface area contributed by atoms with Gasteiger partial charge >= 0.3 is 0 Å². The molecule has 0 atom stereocenters. The Balaban J connectivity index is 1.61. The molecule has 6 nitrogen and oxygen atoms in total. The van der Waals surface area contributed by atoms with Crippen LogP contribution < -0.4 is 10.6 Å². The number of halogens is 1. The number of rotatable bonds is 5. The van der Waals surface area contributed by atoms with Gasteiger partial charge in [-0.05, 0) is 30.3 Å². The molecule has 0 bridgehead atoms. The van der Waals surface area contributed by atoms with Gasteiger partial charge in [0.2, 0.25) is 5.95 Å². The molecule has 0 spiro atoms. The van der Waals surface area contributed by atoms with E-state index in [9.17, 15) is 9.18 Å². The molecular weight excluding hydrogens is 299 g/mol. The third-order valence-electron chi connectivity index (χ3n) is 3.00. The minimum atomic E-state index is -0.357. The summed E-state index contributed by atoms with van der Waals surface area (Å²) in [6.45, 7) is 0.287. The summed E-state index contributed by atoms with van der Waals surface area (Å²) >= 11 is 0. The van der Waals surface area contributed by atoms with Crippen molar-refractivity contribution in [3.05, 3.63) is 72.2 Å². The Bertz CT molecular complexity index is 788. The second-order valence-electron chi connectivity index (χ2n) is 4.69. The zero-order valence-electron chi connectivity index (χ0n) is 12.0. The lowest BCUT2D eigenvalue weighted by Gasteiger charge is -2.06. The third kappa shape index (κ3) is 3.91. The molecule has 23 heavy (non-hydrogen) atoms. The van der Waals surface area contributed by atoms with E-state index in [2.05, 4.69) is 20.6 Å². The highest BCUT2D eigenvalue weighted by Crippen LogP contribution is 2.13. The molecule has 2 aromatic heterocycles. The number of anilines is 2. The molecule has 0 radical (unpaired) electrons. The maximum atomic E-state index is 13.1. The Morgan fingerprint density at radius 3 is 2.70 bits per heavy atom. The maximum absolute atomic E-state index is 13.1. The van der Waals surface area contributed by atoms with Crippen molar-refractivity contribution in [1.82, 2.24) is 15.3 Å².